The number of pyridine rings is 1. The lowest BCUT2D eigenvalue weighted by Crippen LogP contribution is -2.46. The van der Waals surface area contributed by atoms with Gasteiger partial charge in [-0.25, -0.2) is 9.78 Å². The molecule has 38 heavy (non-hydrogen) atoms. The molecule has 2 rings (SSSR count). The van der Waals surface area contributed by atoms with Gasteiger partial charge < -0.3 is 24.3 Å². The normalized spacial score (nSPS) is 22.2. The minimum absolute atomic E-state index is 0.0258. The van der Waals surface area contributed by atoms with Gasteiger partial charge in [-0.3, -0.25) is 19.2 Å². The number of carbonyl (C=O) groups is 5. The molecule has 0 spiro atoms. The average molecular weight is 535 g/mol. The van der Waals surface area contributed by atoms with Crippen molar-refractivity contribution >= 4 is 29.8 Å². The number of carbonyl (C=O) groups excluding carboxylic acids is 5. The molecule has 4 unspecified atom stereocenters. The lowest BCUT2D eigenvalue weighted by atomic mass is 9.92. The molecule has 2 heterocycles. The molecular weight excluding hydrogens is 496 g/mol. The number of hydrogen-bond acceptors (Lipinski definition) is 10. The van der Waals surface area contributed by atoms with Crippen molar-refractivity contribution in [3.63, 3.8) is 0 Å². The maximum atomic E-state index is 13.1. The van der Waals surface area contributed by atoms with Crippen molar-refractivity contribution in [1.82, 2.24) is 10.3 Å². The van der Waals surface area contributed by atoms with Crippen LogP contribution in [0.3, 0.4) is 0 Å². The Kier molecular flexibility index (Phi) is 10.8. The van der Waals surface area contributed by atoms with Crippen LogP contribution in [0.5, 0.6) is 5.75 Å². The van der Waals surface area contributed by atoms with Gasteiger partial charge in [-0.2, -0.15) is 0 Å². The van der Waals surface area contributed by atoms with Crippen LogP contribution in [0, 0.1) is 18.3 Å². The molecule has 1 aromatic rings. The first kappa shape index (κ1) is 30.7. The van der Waals surface area contributed by atoms with Crippen molar-refractivity contribution in [2.75, 3.05) is 6.61 Å². The zero-order valence-corrected chi connectivity index (χ0v) is 23.1. The van der Waals surface area contributed by atoms with Crippen molar-refractivity contribution in [3.8, 4) is 5.75 Å². The van der Waals surface area contributed by atoms with E-state index < -0.39 is 60.6 Å². The number of cyclic esters (lactones) is 2. The summed E-state index contributed by atoms with van der Waals surface area (Å²) in [5, 5.41) is 2.46. The standard InChI is InChI=1S/C27H38N2O9/c1-8-10-19(30)37-22-15(3)11-12-28-21(22)24(32)29-18-14-35-25(33)17(9-2)23(16(4)36-26(18)34)38-20(31)13-27(5,6)7/h11-12,16-18,23H,8-10,13-14H2,1-7H3,(H,29,32). The number of aromatic nitrogens is 1. The zero-order chi connectivity index (χ0) is 28.6. The fourth-order valence-electron chi connectivity index (χ4n) is 3.87. The Balaban J connectivity index is 2.26. The third-order valence-corrected chi connectivity index (χ3v) is 5.81. The second kappa shape index (κ2) is 13.3. The number of aryl methyl sites for hydroxylation is 1. The number of ether oxygens (including phenoxy) is 4. The van der Waals surface area contributed by atoms with Crippen molar-refractivity contribution in [2.45, 2.75) is 92.4 Å². The molecule has 1 aliphatic rings. The smallest absolute Gasteiger partial charge is 0.332 e. The van der Waals surface area contributed by atoms with Gasteiger partial charge in [-0.05, 0) is 43.7 Å². The molecule has 0 bridgehead atoms. The van der Waals surface area contributed by atoms with E-state index >= 15 is 0 Å². The van der Waals surface area contributed by atoms with Gasteiger partial charge in [0.15, 0.2) is 23.6 Å². The maximum Gasteiger partial charge on any atom is 0.332 e. The Bertz CT molecular complexity index is 1050. The first-order chi connectivity index (χ1) is 17.8. The highest BCUT2D eigenvalue weighted by Gasteiger charge is 2.41. The second-order valence-corrected chi connectivity index (χ2v) is 10.5. The molecule has 11 nitrogen and oxygen atoms in total. The van der Waals surface area contributed by atoms with Gasteiger partial charge >= 0.3 is 23.9 Å². The number of esters is 4. The molecule has 0 aromatic carbocycles. The van der Waals surface area contributed by atoms with Crippen LogP contribution in [0.15, 0.2) is 12.3 Å². The number of amides is 1. The first-order valence-corrected chi connectivity index (χ1v) is 12.8. The highest BCUT2D eigenvalue weighted by Crippen LogP contribution is 2.26. The highest BCUT2D eigenvalue weighted by atomic mass is 16.6. The third-order valence-electron chi connectivity index (χ3n) is 5.81. The van der Waals surface area contributed by atoms with Crippen molar-refractivity contribution in [1.29, 1.82) is 0 Å². The summed E-state index contributed by atoms with van der Waals surface area (Å²) in [6.45, 7) is 11.8. The van der Waals surface area contributed by atoms with E-state index in [9.17, 15) is 24.0 Å². The van der Waals surface area contributed by atoms with Crippen LogP contribution < -0.4 is 10.1 Å². The second-order valence-electron chi connectivity index (χ2n) is 10.5. The molecule has 1 aliphatic heterocycles. The van der Waals surface area contributed by atoms with Crippen LogP contribution in [0.4, 0.5) is 0 Å². The Morgan fingerprint density at radius 1 is 1.13 bits per heavy atom. The maximum absolute atomic E-state index is 13.1. The van der Waals surface area contributed by atoms with Crippen LogP contribution >= 0.6 is 0 Å². The van der Waals surface area contributed by atoms with E-state index in [1.807, 2.05) is 27.7 Å². The van der Waals surface area contributed by atoms with E-state index in [4.69, 9.17) is 18.9 Å². The first-order valence-electron chi connectivity index (χ1n) is 12.8. The van der Waals surface area contributed by atoms with Gasteiger partial charge in [-0.1, -0.05) is 34.6 Å². The summed E-state index contributed by atoms with van der Waals surface area (Å²) in [6.07, 6.45) is 0.384. The van der Waals surface area contributed by atoms with E-state index in [2.05, 4.69) is 10.3 Å². The molecule has 0 saturated carbocycles. The topological polar surface area (TPSA) is 147 Å². The molecule has 0 radical (unpaired) electrons. The summed E-state index contributed by atoms with van der Waals surface area (Å²) in [6, 6.07) is 0.201. The van der Waals surface area contributed by atoms with E-state index in [1.165, 1.54) is 13.1 Å². The summed E-state index contributed by atoms with van der Waals surface area (Å²) >= 11 is 0. The van der Waals surface area contributed by atoms with Crippen molar-refractivity contribution in [3.05, 3.63) is 23.5 Å². The fraction of sp³-hybridized carbons (Fsp3) is 0.630. The molecule has 1 fully saturated rings. The number of nitrogens with zero attached hydrogens (tertiary/aromatic N) is 1. The average Bonchev–Trinajstić information content (AvgIpc) is 2.84. The Morgan fingerprint density at radius 3 is 2.42 bits per heavy atom. The molecule has 11 heteroatoms. The van der Waals surface area contributed by atoms with Gasteiger partial charge in [-0.15, -0.1) is 0 Å². The molecule has 1 amide bonds. The SMILES string of the molecule is CCCC(=O)Oc1c(C)ccnc1C(=O)NC1COC(=O)C(CC)C(OC(=O)CC(C)(C)C)C(C)OC1=O. The highest BCUT2D eigenvalue weighted by molar-refractivity contribution is 5.98. The number of nitrogens with one attached hydrogen (secondary N) is 1. The van der Waals surface area contributed by atoms with Crippen LogP contribution in [0.2, 0.25) is 0 Å². The largest absolute Gasteiger partial charge is 0.463 e. The van der Waals surface area contributed by atoms with E-state index in [-0.39, 0.29) is 36.1 Å². The minimum atomic E-state index is -1.38. The molecular formula is C27H38N2O9. The Labute approximate surface area is 222 Å². The number of hydrogen-bond donors (Lipinski definition) is 1. The summed E-state index contributed by atoms with van der Waals surface area (Å²) in [4.78, 5) is 67.6. The van der Waals surface area contributed by atoms with Crippen molar-refractivity contribution < 1.29 is 42.9 Å². The lowest BCUT2D eigenvalue weighted by molar-refractivity contribution is -0.175. The van der Waals surface area contributed by atoms with E-state index in [0.717, 1.165) is 0 Å². The van der Waals surface area contributed by atoms with Gasteiger partial charge in [0.2, 0.25) is 0 Å². The Morgan fingerprint density at radius 2 is 1.82 bits per heavy atom. The summed E-state index contributed by atoms with van der Waals surface area (Å²) < 4.78 is 21.8. The zero-order valence-electron chi connectivity index (χ0n) is 23.1. The fourth-order valence-corrected chi connectivity index (χ4v) is 3.87. The molecule has 1 aromatic heterocycles. The quantitative estimate of drug-likeness (QED) is 0.390. The predicted octanol–water partition coefficient (Wildman–Crippen LogP) is 3.06. The van der Waals surface area contributed by atoms with Crippen LogP contribution in [0.1, 0.15) is 83.3 Å². The molecule has 210 valence electrons. The minimum Gasteiger partial charge on any atom is -0.463 e. The lowest BCUT2D eigenvalue weighted by Gasteiger charge is -2.29. The Hall–Kier alpha value is -3.50. The summed E-state index contributed by atoms with van der Waals surface area (Å²) in [5.41, 5.74) is -0.0555. The number of rotatable bonds is 8. The van der Waals surface area contributed by atoms with Crippen LogP contribution in [0.25, 0.3) is 0 Å². The van der Waals surface area contributed by atoms with Gasteiger partial charge in [0.1, 0.15) is 12.7 Å². The van der Waals surface area contributed by atoms with E-state index in [0.29, 0.717) is 12.0 Å². The van der Waals surface area contributed by atoms with Gasteiger partial charge in [0.05, 0.1) is 12.3 Å². The van der Waals surface area contributed by atoms with Gasteiger partial charge in [0, 0.05) is 12.6 Å². The predicted molar refractivity (Wildman–Crippen MR) is 135 cm³/mol. The molecule has 1 N–H and O–H groups in total. The summed E-state index contributed by atoms with van der Waals surface area (Å²) in [7, 11) is 0. The van der Waals surface area contributed by atoms with Crippen molar-refractivity contribution in [2.24, 2.45) is 11.3 Å². The molecule has 1 saturated heterocycles. The van der Waals surface area contributed by atoms with Crippen LogP contribution in [-0.4, -0.2) is 59.6 Å². The molecule has 0 aliphatic carbocycles. The van der Waals surface area contributed by atoms with Gasteiger partial charge in [0.25, 0.3) is 5.91 Å². The monoisotopic (exact) mass is 534 g/mol. The third kappa shape index (κ3) is 8.53. The van der Waals surface area contributed by atoms with Crippen LogP contribution in [-0.2, 0) is 33.4 Å². The van der Waals surface area contributed by atoms with E-state index in [1.54, 1.807) is 19.9 Å². The summed E-state index contributed by atoms with van der Waals surface area (Å²) in [5.74, 6) is -4.35. The molecule has 4 atom stereocenters.